The largest absolute Gasteiger partial charge is 0.477 e. The predicted molar refractivity (Wildman–Crippen MR) is 36.6 cm³/mol. The number of nitrogens with two attached hydrogens (primary N) is 1. The molecule has 0 spiro atoms. The maximum Gasteiger partial charge on any atom is 0.176 e. The van der Waals surface area contributed by atoms with Gasteiger partial charge in [-0.2, -0.15) is 0 Å². The molecule has 2 heteroatoms. The molecule has 1 rings (SSSR count). The monoisotopic (exact) mass is 127 g/mol. The number of rotatable bonds is 2. The third-order valence-corrected chi connectivity index (χ3v) is 1.65. The molecule has 0 radical (unpaired) electrons. The van der Waals surface area contributed by atoms with Gasteiger partial charge in [0.1, 0.15) is 6.10 Å². The van der Waals surface area contributed by atoms with Gasteiger partial charge in [0, 0.05) is 0 Å². The lowest BCUT2D eigenvalue weighted by molar-refractivity contribution is 0.0168. The Bertz CT molecular complexity index is 116. The molecule has 0 atom stereocenters. The molecule has 52 valence electrons. The summed E-state index contributed by atoms with van der Waals surface area (Å²) in [5.41, 5.74) is 5.23. The van der Waals surface area contributed by atoms with Crippen LogP contribution < -0.4 is 5.73 Å². The standard InChI is InChI=1S/C7H13NO/c1-5-3-7(4-5)9-6(2)8/h5,7H,2-4,8H2,1H3. The maximum absolute atomic E-state index is 5.23. The summed E-state index contributed by atoms with van der Waals surface area (Å²) in [4.78, 5) is 0. The van der Waals surface area contributed by atoms with Crippen LogP contribution in [0.15, 0.2) is 12.5 Å². The minimum Gasteiger partial charge on any atom is -0.477 e. The third-order valence-electron chi connectivity index (χ3n) is 1.65. The first kappa shape index (κ1) is 6.46. The number of hydrogen-bond donors (Lipinski definition) is 1. The average Bonchev–Trinajstić information content (AvgIpc) is 1.60. The van der Waals surface area contributed by atoms with Crippen LogP contribution in [-0.4, -0.2) is 6.10 Å². The molecule has 0 aromatic rings. The van der Waals surface area contributed by atoms with Crippen molar-refractivity contribution in [3.05, 3.63) is 12.5 Å². The molecule has 0 saturated heterocycles. The molecule has 0 aliphatic heterocycles. The molecule has 0 amide bonds. The molecule has 1 aliphatic rings. The minimum absolute atomic E-state index is 0.354. The first-order chi connectivity index (χ1) is 4.18. The zero-order chi connectivity index (χ0) is 6.85. The van der Waals surface area contributed by atoms with Crippen LogP contribution in [0.3, 0.4) is 0 Å². The van der Waals surface area contributed by atoms with Crippen molar-refractivity contribution in [1.29, 1.82) is 0 Å². The zero-order valence-electron chi connectivity index (χ0n) is 5.76. The highest BCUT2D eigenvalue weighted by molar-refractivity contribution is 4.82. The molecule has 0 bridgehead atoms. The van der Waals surface area contributed by atoms with Gasteiger partial charge in [0.15, 0.2) is 5.88 Å². The summed E-state index contributed by atoms with van der Waals surface area (Å²) < 4.78 is 5.14. The lowest BCUT2D eigenvalue weighted by atomic mass is 9.84. The van der Waals surface area contributed by atoms with E-state index in [1.165, 1.54) is 0 Å². The Labute approximate surface area is 55.7 Å². The van der Waals surface area contributed by atoms with Crippen LogP contribution in [0.1, 0.15) is 19.8 Å². The number of ether oxygens (including phenoxy) is 1. The smallest absolute Gasteiger partial charge is 0.176 e. The Hall–Kier alpha value is -0.660. The van der Waals surface area contributed by atoms with E-state index in [-0.39, 0.29) is 0 Å². The van der Waals surface area contributed by atoms with E-state index in [0.29, 0.717) is 12.0 Å². The highest BCUT2D eigenvalue weighted by Crippen LogP contribution is 2.29. The lowest BCUT2D eigenvalue weighted by Crippen LogP contribution is -2.30. The van der Waals surface area contributed by atoms with Crippen molar-refractivity contribution in [3.63, 3.8) is 0 Å². The van der Waals surface area contributed by atoms with Crippen LogP contribution in [0.5, 0.6) is 0 Å². The van der Waals surface area contributed by atoms with E-state index in [4.69, 9.17) is 10.5 Å². The second-order valence-electron chi connectivity index (χ2n) is 2.78. The highest BCUT2D eigenvalue weighted by atomic mass is 16.5. The molecule has 2 nitrogen and oxygen atoms in total. The van der Waals surface area contributed by atoms with Gasteiger partial charge in [0.05, 0.1) is 0 Å². The van der Waals surface area contributed by atoms with Crippen molar-refractivity contribution in [2.75, 3.05) is 0 Å². The van der Waals surface area contributed by atoms with Crippen LogP contribution in [0.2, 0.25) is 0 Å². The van der Waals surface area contributed by atoms with Gasteiger partial charge in [0.2, 0.25) is 0 Å². The van der Waals surface area contributed by atoms with Gasteiger partial charge in [0.25, 0.3) is 0 Å². The molecule has 2 N–H and O–H groups in total. The molecule has 1 fully saturated rings. The van der Waals surface area contributed by atoms with Crippen molar-refractivity contribution in [2.45, 2.75) is 25.9 Å². The highest BCUT2D eigenvalue weighted by Gasteiger charge is 2.26. The van der Waals surface area contributed by atoms with E-state index < -0.39 is 0 Å². The SMILES string of the molecule is C=C(N)OC1CC(C)C1. The van der Waals surface area contributed by atoms with Crippen molar-refractivity contribution in [2.24, 2.45) is 11.7 Å². The maximum atomic E-state index is 5.23. The van der Waals surface area contributed by atoms with Crippen molar-refractivity contribution >= 4 is 0 Å². The summed E-state index contributed by atoms with van der Waals surface area (Å²) in [5, 5.41) is 0. The predicted octanol–water partition coefficient (Wildman–Crippen LogP) is 1.23. The Morgan fingerprint density at radius 2 is 2.22 bits per heavy atom. The lowest BCUT2D eigenvalue weighted by Gasteiger charge is -2.32. The van der Waals surface area contributed by atoms with E-state index in [2.05, 4.69) is 13.5 Å². The summed E-state index contributed by atoms with van der Waals surface area (Å²) in [5.74, 6) is 1.17. The van der Waals surface area contributed by atoms with E-state index in [9.17, 15) is 0 Å². The van der Waals surface area contributed by atoms with Crippen LogP contribution >= 0.6 is 0 Å². The third kappa shape index (κ3) is 1.63. The first-order valence-electron chi connectivity index (χ1n) is 3.29. The molecule has 1 aliphatic carbocycles. The fourth-order valence-corrected chi connectivity index (χ4v) is 1.14. The Balaban J connectivity index is 2.11. The zero-order valence-corrected chi connectivity index (χ0v) is 5.76. The topological polar surface area (TPSA) is 35.2 Å². The molecular weight excluding hydrogens is 114 g/mol. The summed E-state index contributed by atoms with van der Waals surface area (Å²) in [6.45, 7) is 5.67. The molecule has 0 unspecified atom stereocenters. The first-order valence-corrected chi connectivity index (χ1v) is 3.29. The molecule has 1 saturated carbocycles. The van der Waals surface area contributed by atoms with Gasteiger partial charge in [-0.05, 0) is 25.3 Å². The molecule has 0 heterocycles. The van der Waals surface area contributed by atoms with Crippen LogP contribution in [0.4, 0.5) is 0 Å². The molecular formula is C7H13NO. The van der Waals surface area contributed by atoms with Crippen LogP contribution in [0.25, 0.3) is 0 Å². The quantitative estimate of drug-likeness (QED) is 0.566. The summed E-state index contributed by atoms with van der Waals surface area (Å²) in [6.07, 6.45) is 2.63. The summed E-state index contributed by atoms with van der Waals surface area (Å²) in [6, 6.07) is 0. The van der Waals surface area contributed by atoms with Crippen molar-refractivity contribution < 1.29 is 4.74 Å². The molecule has 0 aromatic carbocycles. The van der Waals surface area contributed by atoms with E-state index in [1.807, 2.05) is 0 Å². The normalized spacial score (nSPS) is 33.0. The fourth-order valence-electron chi connectivity index (χ4n) is 1.14. The number of hydrogen-bond acceptors (Lipinski definition) is 2. The average molecular weight is 127 g/mol. The second-order valence-corrected chi connectivity index (χ2v) is 2.78. The van der Waals surface area contributed by atoms with Gasteiger partial charge in [-0.1, -0.05) is 6.92 Å². The van der Waals surface area contributed by atoms with Crippen molar-refractivity contribution in [3.8, 4) is 0 Å². The van der Waals surface area contributed by atoms with E-state index in [0.717, 1.165) is 18.8 Å². The molecule has 9 heavy (non-hydrogen) atoms. The van der Waals surface area contributed by atoms with Gasteiger partial charge in [-0.3, -0.25) is 0 Å². The summed E-state index contributed by atoms with van der Waals surface area (Å²) in [7, 11) is 0. The Kier molecular flexibility index (Phi) is 1.65. The Morgan fingerprint density at radius 3 is 2.56 bits per heavy atom. The van der Waals surface area contributed by atoms with Gasteiger partial charge in [-0.15, -0.1) is 0 Å². The molecule has 0 aromatic heterocycles. The van der Waals surface area contributed by atoms with E-state index >= 15 is 0 Å². The second kappa shape index (κ2) is 2.29. The van der Waals surface area contributed by atoms with Gasteiger partial charge >= 0.3 is 0 Å². The van der Waals surface area contributed by atoms with Gasteiger partial charge in [-0.25, -0.2) is 0 Å². The minimum atomic E-state index is 0.354. The fraction of sp³-hybridized carbons (Fsp3) is 0.714. The van der Waals surface area contributed by atoms with Crippen LogP contribution in [-0.2, 0) is 4.74 Å². The van der Waals surface area contributed by atoms with E-state index in [1.54, 1.807) is 0 Å². The Morgan fingerprint density at radius 1 is 1.67 bits per heavy atom. The summed E-state index contributed by atoms with van der Waals surface area (Å²) >= 11 is 0. The van der Waals surface area contributed by atoms with Crippen LogP contribution in [0, 0.1) is 5.92 Å². The van der Waals surface area contributed by atoms with Crippen molar-refractivity contribution in [1.82, 2.24) is 0 Å². The van der Waals surface area contributed by atoms with Gasteiger partial charge < -0.3 is 10.5 Å².